The molecule has 2 fully saturated rings. The Morgan fingerprint density at radius 2 is 2.04 bits per heavy atom. The van der Waals surface area contributed by atoms with Gasteiger partial charge in [0.05, 0.1) is 6.20 Å². The van der Waals surface area contributed by atoms with Gasteiger partial charge in [-0.15, -0.1) is 0 Å². The third kappa shape index (κ3) is 3.08. The van der Waals surface area contributed by atoms with Gasteiger partial charge in [0.2, 0.25) is 0 Å². The zero-order valence-corrected chi connectivity index (χ0v) is 15.9. The van der Waals surface area contributed by atoms with Crippen molar-refractivity contribution in [2.45, 2.75) is 24.9 Å². The van der Waals surface area contributed by atoms with Gasteiger partial charge in [0.15, 0.2) is 0 Å². The topological polar surface area (TPSA) is 53.4 Å². The van der Waals surface area contributed by atoms with Crippen molar-refractivity contribution in [3.05, 3.63) is 29.0 Å². The van der Waals surface area contributed by atoms with Crippen molar-refractivity contribution in [1.82, 2.24) is 19.8 Å². The summed E-state index contributed by atoms with van der Waals surface area (Å²) < 4.78 is 3.43. The van der Waals surface area contributed by atoms with Crippen LogP contribution >= 0.6 is 15.9 Å². The highest BCUT2D eigenvalue weighted by atomic mass is 79.9. The lowest BCUT2D eigenvalue weighted by molar-refractivity contribution is 0.240. The van der Waals surface area contributed by atoms with Gasteiger partial charge >= 0.3 is 0 Å². The predicted octanol–water partition coefficient (Wildman–Crippen LogP) is 2.19. The number of rotatable bonds is 4. The Kier molecular flexibility index (Phi) is 4.54. The van der Waals surface area contributed by atoms with Gasteiger partial charge in [-0.05, 0) is 48.0 Å². The van der Waals surface area contributed by atoms with E-state index in [1.54, 1.807) is 0 Å². The van der Waals surface area contributed by atoms with E-state index >= 15 is 0 Å². The largest absolute Gasteiger partial charge is 0.365 e. The van der Waals surface area contributed by atoms with E-state index in [1.807, 2.05) is 17.9 Å². The molecule has 0 atom stereocenters. The molecule has 0 aromatic carbocycles. The number of nitrogens with zero attached hydrogens (tertiary/aromatic N) is 4. The van der Waals surface area contributed by atoms with Crippen LogP contribution in [0.3, 0.4) is 0 Å². The van der Waals surface area contributed by atoms with E-state index in [1.165, 1.54) is 11.6 Å². The summed E-state index contributed by atoms with van der Waals surface area (Å²) in [4.78, 5) is 19.8. The van der Waals surface area contributed by atoms with Crippen LogP contribution in [0.15, 0.2) is 29.0 Å². The van der Waals surface area contributed by atoms with E-state index < -0.39 is 0 Å². The molecule has 1 saturated carbocycles. The summed E-state index contributed by atoms with van der Waals surface area (Å²) in [6.45, 7) is 3.38. The first-order chi connectivity index (χ1) is 12.2. The lowest BCUT2D eigenvalue weighted by Crippen LogP contribution is -2.44. The number of carbonyl (C=O) groups excluding carboxylic acids is 1. The average Bonchev–Trinajstić information content (AvgIpc) is 2.91. The van der Waals surface area contributed by atoms with Crippen LogP contribution in [0, 0.1) is 0 Å². The number of halogens is 1. The van der Waals surface area contributed by atoms with Crippen molar-refractivity contribution >= 4 is 38.7 Å². The maximum Gasteiger partial charge on any atom is 0.143 e. The number of hydrogen-bond acceptors (Lipinski definition) is 5. The average molecular weight is 404 g/mol. The highest BCUT2D eigenvalue weighted by Gasteiger charge is 2.31. The van der Waals surface area contributed by atoms with E-state index in [0.29, 0.717) is 12.1 Å². The molecule has 7 heteroatoms. The van der Waals surface area contributed by atoms with Crippen LogP contribution < -0.4 is 10.2 Å². The number of hydrogen-bond donors (Lipinski definition) is 1. The molecule has 0 unspecified atom stereocenters. The lowest BCUT2D eigenvalue weighted by Gasteiger charge is -2.36. The Morgan fingerprint density at radius 1 is 1.28 bits per heavy atom. The zero-order chi connectivity index (χ0) is 17.4. The van der Waals surface area contributed by atoms with Crippen LogP contribution in [0.5, 0.6) is 0 Å². The predicted molar refractivity (Wildman–Crippen MR) is 103 cm³/mol. The molecule has 1 N–H and O–H groups in total. The summed E-state index contributed by atoms with van der Waals surface area (Å²) in [5.74, 6) is 2.88. The van der Waals surface area contributed by atoms with Gasteiger partial charge in [0.1, 0.15) is 17.4 Å². The fraction of sp³-hybridized carbons (Fsp3) is 0.500. The van der Waals surface area contributed by atoms with E-state index in [-0.39, 0.29) is 0 Å². The van der Waals surface area contributed by atoms with Crippen LogP contribution in [0.1, 0.15) is 18.9 Å². The second-order valence-corrected chi connectivity index (χ2v) is 7.66. The third-order valence-electron chi connectivity index (χ3n) is 5.40. The minimum atomic E-state index is 0.517. The Bertz CT molecular complexity index is 814. The van der Waals surface area contributed by atoms with Crippen molar-refractivity contribution < 1.29 is 4.79 Å². The van der Waals surface area contributed by atoms with E-state index in [9.17, 15) is 4.79 Å². The molecule has 0 spiro atoms. The number of anilines is 1. The molecular weight excluding hydrogens is 382 g/mol. The quantitative estimate of drug-likeness (QED) is 0.792. The molecule has 2 aliphatic rings. The number of aromatic nitrogens is 2. The van der Waals surface area contributed by atoms with Crippen molar-refractivity contribution in [1.29, 1.82) is 0 Å². The highest BCUT2D eigenvalue weighted by molar-refractivity contribution is 9.10. The molecule has 1 saturated heterocycles. The van der Waals surface area contributed by atoms with Crippen LogP contribution in [-0.2, 0) is 4.79 Å². The molecule has 2 aromatic rings. The van der Waals surface area contributed by atoms with Gasteiger partial charge < -0.3 is 19.7 Å². The van der Waals surface area contributed by atoms with Gasteiger partial charge in [-0.3, -0.25) is 0 Å². The Balaban J connectivity index is 1.58. The number of nitrogens with one attached hydrogen (secondary N) is 1. The summed E-state index contributed by atoms with van der Waals surface area (Å²) in [5, 5.41) is 4.51. The molecule has 6 nitrogen and oxygen atoms in total. The van der Waals surface area contributed by atoms with Gasteiger partial charge in [-0.1, -0.05) is 0 Å². The summed E-state index contributed by atoms with van der Waals surface area (Å²) in [6.07, 6.45) is 5.97. The summed E-state index contributed by atoms with van der Waals surface area (Å²) in [5.41, 5.74) is 1.05. The number of pyridine rings is 1. The van der Waals surface area contributed by atoms with Gasteiger partial charge in [-0.2, -0.15) is 0 Å². The standard InChI is InChI=1S/C18H22BrN5O/c1-20-13-10-14(11-13)24-12-16(19)15-2-3-17(21-18(15)24)23-6-4-22(5-7-23)8-9-25/h2-3,8,12-14,20H,4-7,10-11H2,1H3. The molecular formula is C18H22BrN5O. The van der Waals surface area contributed by atoms with Crippen molar-refractivity contribution in [2.75, 3.05) is 38.1 Å². The van der Waals surface area contributed by atoms with E-state index in [4.69, 9.17) is 4.98 Å². The molecule has 0 bridgehead atoms. The first-order valence-corrected chi connectivity index (χ1v) is 9.53. The monoisotopic (exact) mass is 403 g/mol. The fourth-order valence-electron chi connectivity index (χ4n) is 3.73. The Labute approximate surface area is 155 Å². The molecule has 132 valence electrons. The third-order valence-corrected chi connectivity index (χ3v) is 6.04. The molecule has 4 rings (SSSR count). The molecule has 1 aliphatic carbocycles. The summed E-state index contributed by atoms with van der Waals surface area (Å²) in [6, 6.07) is 5.39. The second kappa shape index (κ2) is 6.83. The summed E-state index contributed by atoms with van der Waals surface area (Å²) in [7, 11) is 2.03. The molecule has 0 amide bonds. The number of fused-ring (bicyclic) bond motifs is 1. The normalized spacial score (nSPS) is 23.4. The maximum atomic E-state index is 10.5. The van der Waals surface area contributed by atoms with Crippen LogP contribution in [0.2, 0.25) is 0 Å². The van der Waals surface area contributed by atoms with Gasteiger partial charge in [0.25, 0.3) is 0 Å². The summed E-state index contributed by atoms with van der Waals surface area (Å²) >= 11 is 3.68. The minimum Gasteiger partial charge on any atom is -0.365 e. The fourth-order valence-corrected chi connectivity index (χ4v) is 4.26. The first kappa shape index (κ1) is 16.6. The highest BCUT2D eigenvalue weighted by Crippen LogP contribution is 2.37. The molecule has 2 aromatic heterocycles. The van der Waals surface area contributed by atoms with E-state index in [2.05, 4.69) is 49.0 Å². The van der Waals surface area contributed by atoms with Crippen LogP contribution in [-0.4, -0.2) is 59.7 Å². The SMILES string of the molecule is CNC1CC(n2cc(Br)c3ccc(N4CCN(C=C=O)CC4)nc32)C1. The maximum absolute atomic E-state index is 10.5. The first-order valence-electron chi connectivity index (χ1n) is 8.74. The molecule has 3 heterocycles. The second-order valence-electron chi connectivity index (χ2n) is 6.81. The van der Waals surface area contributed by atoms with Crippen molar-refractivity contribution in [3.8, 4) is 0 Å². The minimum absolute atomic E-state index is 0.517. The van der Waals surface area contributed by atoms with Gasteiger partial charge in [-0.25, -0.2) is 9.78 Å². The number of piperazine rings is 1. The van der Waals surface area contributed by atoms with Crippen LogP contribution in [0.4, 0.5) is 5.82 Å². The van der Waals surface area contributed by atoms with Crippen molar-refractivity contribution in [2.24, 2.45) is 0 Å². The molecule has 0 radical (unpaired) electrons. The van der Waals surface area contributed by atoms with Crippen molar-refractivity contribution in [3.63, 3.8) is 0 Å². The molecule has 25 heavy (non-hydrogen) atoms. The van der Waals surface area contributed by atoms with Gasteiger partial charge in [0, 0.05) is 54.3 Å². The van der Waals surface area contributed by atoms with Crippen LogP contribution in [0.25, 0.3) is 11.0 Å². The Morgan fingerprint density at radius 3 is 2.72 bits per heavy atom. The smallest absolute Gasteiger partial charge is 0.143 e. The lowest BCUT2D eigenvalue weighted by atomic mass is 9.87. The Hall–Kier alpha value is -1.82. The zero-order valence-electron chi connectivity index (χ0n) is 14.3. The van der Waals surface area contributed by atoms with E-state index in [0.717, 1.165) is 55.0 Å². The molecule has 1 aliphatic heterocycles.